The molecule has 2 aromatic rings. The zero-order valence-corrected chi connectivity index (χ0v) is 16.5. The Bertz CT molecular complexity index is 853. The van der Waals surface area contributed by atoms with Gasteiger partial charge >= 0.3 is 6.03 Å². The van der Waals surface area contributed by atoms with E-state index in [1.807, 2.05) is 48.5 Å². The molecule has 0 aliphatic carbocycles. The summed E-state index contributed by atoms with van der Waals surface area (Å²) in [6, 6.07) is 14.6. The molecule has 142 valence electrons. The second-order valence-corrected chi connectivity index (χ2v) is 7.92. The van der Waals surface area contributed by atoms with Crippen molar-refractivity contribution >= 4 is 17.6 Å². The average molecular weight is 366 g/mol. The maximum Gasteiger partial charge on any atom is 0.331 e. The van der Waals surface area contributed by atoms with Gasteiger partial charge in [0, 0.05) is 19.2 Å². The van der Waals surface area contributed by atoms with Gasteiger partial charge in [0.25, 0.3) is 5.91 Å². The molecule has 0 spiro atoms. The highest BCUT2D eigenvalue weighted by Gasteiger charge is 2.43. The van der Waals surface area contributed by atoms with E-state index < -0.39 is 6.04 Å². The lowest BCUT2D eigenvalue weighted by Gasteiger charge is -2.24. The Hall–Kier alpha value is -2.82. The summed E-state index contributed by atoms with van der Waals surface area (Å²) < 4.78 is 5.27. The molecule has 1 heterocycles. The van der Waals surface area contributed by atoms with Gasteiger partial charge in [-0.15, -0.1) is 0 Å². The van der Waals surface area contributed by atoms with Crippen LogP contribution in [0.25, 0.3) is 0 Å². The summed E-state index contributed by atoms with van der Waals surface area (Å²) in [6.07, 6.45) is 0.438. The zero-order chi connectivity index (χ0) is 19.8. The third-order valence-electron chi connectivity index (χ3n) is 5.00. The summed E-state index contributed by atoms with van der Waals surface area (Å²) in [6.45, 7) is 6.43. The fourth-order valence-corrected chi connectivity index (χ4v) is 3.34. The second-order valence-electron chi connectivity index (χ2n) is 7.92. The van der Waals surface area contributed by atoms with Crippen LogP contribution in [0.3, 0.4) is 0 Å². The van der Waals surface area contributed by atoms with Crippen LogP contribution in [0, 0.1) is 0 Å². The number of ether oxygens (including phenoxy) is 1. The smallest absolute Gasteiger partial charge is 0.331 e. The molecule has 1 aliphatic heterocycles. The number of imide groups is 1. The van der Waals surface area contributed by atoms with Crippen molar-refractivity contribution in [2.24, 2.45) is 0 Å². The molecule has 1 aliphatic rings. The Labute approximate surface area is 160 Å². The number of amides is 3. The predicted molar refractivity (Wildman–Crippen MR) is 106 cm³/mol. The fraction of sp³-hybridized carbons (Fsp3) is 0.364. The van der Waals surface area contributed by atoms with E-state index in [1.54, 1.807) is 12.0 Å². The highest BCUT2D eigenvalue weighted by Crippen LogP contribution is 2.30. The van der Waals surface area contributed by atoms with Crippen LogP contribution >= 0.6 is 0 Å². The quantitative estimate of drug-likeness (QED) is 0.769. The maximum absolute atomic E-state index is 12.7. The summed E-state index contributed by atoms with van der Waals surface area (Å²) in [5, 5.41) is 0. The Morgan fingerprint density at radius 2 is 1.70 bits per heavy atom. The van der Waals surface area contributed by atoms with Gasteiger partial charge < -0.3 is 4.74 Å². The lowest BCUT2D eigenvalue weighted by Crippen LogP contribution is -2.36. The van der Waals surface area contributed by atoms with Crippen LogP contribution in [0.5, 0.6) is 5.75 Å². The highest BCUT2D eigenvalue weighted by molar-refractivity contribution is 6.14. The van der Waals surface area contributed by atoms with E-state index in [4.69, 9.17) is 4.74 Å². The molecule has 5 nitrogen and oxygen atoms in total. The third kappa shape index (κ3) is 3.68. The topological polar surface area (TPSA) is 49.9 Å². The number of carbonyl (C=O) groups excluding carboxylic acids is 2. The van der Waals surface area contributed by atoms with Gasteiger partial charge in [0.1, 0.15) is 11.8 Å². The predicted octanol–water partition coefficient (Wildman–Crippen LogP) is 4.00. The number of methoxy groups -OCH3 is 1. The number of hydrogen-bond acceptors (Lipinski definition) is 3. The van der Waals surface area contributed by atoms with Gasteiger partial charge in [-0.2, -0.15) is 0 Å². The maximum atomic E-state index is 12.7. The van der Waals surface area contributed by atoms with E-state index in [0.29, 0.717) is 6.42 Å². The molecule has 27 heavy (non-hydrogen) atoms. The highest BCUT2D eigenvalue weighted by atomic mass is 16.5. The molecule has 3 amide bonds. The summed E-state index contributed by atoms with van der Waals surface area (Å²) in [5.74, 6) is 0.543. The SMILES string of the molecule is COc1cccc(CC2C(=O)N(C)C(=O)N2c2ccc(C(C)(C)C)cc2)c1. The lowest BCUT2D eigenvalue weighted by atomic mass is 9.87. The molecule has 3 rings (SSSR count). The van der Waals surface area contributed by atoms with Gasteiger partial charge in [0.15, 0.2) is 0 Å². The first-order valence-corrected chi connectivity index (χ1v) is 9.06. The molecular weight excluding hydrogens is 340 g/mol. The van der Waals surface area contributed by atoms with Crippen molar-refractivity contribution in [3.63, 3.8) is 0 Å². The molecule has 5 heteroatoms. The van der Waals surface area contributed by atoms with Gasteiger partial charge in [0.2, 0.25) is 0 Å². The van der Waals surface area contributed by atoms with Crippen molar-refractivity contribution in [2.75, 3.05) is 19.1 Å². The molecule has 0 bridgehead atoms. The van der Waals surface area contributed by atoms with Crippen LogP contribution < -0.4 is 9.64 Å². The fourth-order valence-electron chi connectivity index (χ4n) is 3.34. The van der Waals surface area contributed by atoms with Crippen LogP contribution in [0.15, 0.2) is 48.5 Å². The molecule has 0 N–H and O–H groups in total. The molecule has 1 fully saturated rings. The number of carbonyl (C=O) groups is 2. The number of anilines is 1. The van der Waals surface area contributed by atoms with Crippen molar-refractivity contribution in [2.45, 2.75) is 38.6 Å². The number of nitrogens with zero attached hydrogens (tertiary/aromatic N) is 2. The van der Waals surface area contributed by atoms with Crippen LogP contribution in [0.2, 0.25) is 0 Å². The minimum absolute atomic E-state index is 0.0279. The normalized spacial score (nSPS) is 17.6. The molecule has 2 aromatic carbocycles. The van der Waals surface area contributed by atoms with E-state index in [-0.39, 0.29) is 17.4 Å². The molecule has 0 radical (unpaired) electrons. The van der Waals surface area contributed by atoms with Crippen LogP contribution in [-0.4, -0.2) is 37.0 Å². The molecular formula is C22H26N2O3. The first-order valence-electron chi connectivity index (χ1n) is 9.06. The molecule has 1 saturated heterocycles. The van der Waals surface area contributed by atoms with E-state index >= 15 is 0 Å². The Kier molecular flexibility index (Phi) is 4.96. The van der Waals surface area contributed by atoms with Gasteiger partial charge in [0.05, 0.1) is 7.11 Å². The van der Waals surface area contributed by atoms with Crippen LogP contribution in [0.4, 0.5) is 10.5 Å². The average Bonchev–Trinajstić information content (AvgIpc) is 2.85. The molecule has 0 saturated carbocycles. The Morgan fingerprint density at radius 3 is 2.30 bits per heavy atom. The third-order valence-corrected chi connectivity index (χ3v) is 5.00. The van der Waals surface area contributed by atoms with E-state index in [2.05, 4.69) is 20.8 Å². The van der Waals surface area contributed by atoms with Crippen molar-refractivity contribution in [3.05, 3.63) is 59.7 Å². The monoisotopic (exact) mass is 366 g/mol. The summed E-state index contributed by atoms with van der Waals surface area (Å²) in [5.41, 5.74) is 2.90. The number of benzene rings is 2. The minimum atomic E-state index is -0.560. The number of likely N-dealkylation sites (N-methyl/N-ethyl adjacent to an activating group) is 1. The van der Waals surface area contributed by atoms with Crippen LogP contribution in [0.1, 0.15) is 31.9 Å². The zero-order valence-electron chi connectivity index (χ0n) is 16.5. The van der Waals surface area contributed by atoms with Gasteiger partial charge in [-0.25, -0.2) is 4.79 Å². The summed E-state index contributed by atoms with van der Waals surface area (Å²) in [4.78, 5) is 28.2. The minimum Gasteiger partial charge on any atom is -0.497 e. The Balaban J connectivity index is 1.93. The van der Waals surface area contributed by atoms with Gasteiger partial charge in [-0.05, 0) is 40.8 Å². The first kappa shape index (κ1) is 19.0. The first-order chi connectivity index (χ1) is 12.7. The molecule has 0 aromatic heterocycles. The van der Waals surface area contributed by atoms with Crippen molar-refractivity contribution in [1.82, 2.24) is 4.90 Å². The number of urea groups is 1. The standard InChI is InChI=1S/C22H26N2O3/c1-22(2,3)16-9-11-17(12-10-16)24-19(20(25)23(4)21(24)26)14-15-7-6-8-18(13-15)27-5/h6-13,19H,14H2,1-5H3. The van der Waals surface area contributed by atoms with Crippen molar-refractivity contribution in [1.29, 1.82) is 0 Å². The van der Waals surface area contributed by atoms with E-state index in [0.717, 1.165) is 17.0 Å². The largest absolute Gasteiger partial charge is 0.497 e. The van der Waals surface area contributed by atoms with Crippen LogP contribution in [-0.2, 0) is 16.6 Å². The van der Waals surface area contributed by atoms with Crippen molar-refractivity contribution < 1.29 is 14.3 Å². The molecule has 1 atom stereocenters. The summed E-state index contributed by atoms with van der Waals surface area (Å²) >= 11 is 0. The summed E-state index contributed by atoms with van der Waals surface area (Å²) in [7, 11) is 3.15. The number of rotatable bonds is 4. The van der Waals surface area contributed by atoms with Gasteiger partial charge in [-0.1, -0.05) is 45.0 Å². The lowest BCUT2D eigenvalue weighted by molar-refractivity contribution is -0.126. The Morgan fingerprint density at radius 1 is 1.04 bits per heavy atom. The molecule has 1 unspecified atom stereocenters. The van der Waals surface area contributed by atoms with E-state index in [1.165, 1.54) is 17.5 Å². The van der Waals surface area contributed by atoms with Gasteiger partial charge in [-0.3, -0.25) is 14.6 Å². The van der Waals surface area contributed by atoms with Crippen molar-refractivity contribution in [3.8, 4) is 5.75 Å². The number of hydrogen-bond donors (Lipinski definition) is 0. The van der Waals surface area contributed by atoms with E-state index in [9.17, 15) is 9.59 Å². The second kappa shape index (κ2) is 7.06.